The number of benzene rings is 1. The Morgan fingerprint density at radius 2 is 1.67 bits per heavy atom. The van der Waals surface area contributed by atoms with Crippen LogP contribution in [0.4, 0.5) is 0 Å². The highest BCUT2D eigenvalue weighted by Gasteiger charge is 2.26. The topological polar surface area (TPSA) is 49.9 Å². The second kappa shape index (κ2) is 7.69. The largest absolute Gasteiger partial charge is 0.496 e. The molecular weight excluding hydrogens is 304 g/mol. The fourth-order valence-electron chi connectivity index (χ4n) is 2.93. The van der Waals surface area contributed by atoms with Gasteiger partial charge in [-0.05, 0) is 24.0 Å². The zero-order valence-corrected chi connectivity index (χ0v) is 15.2. The van der Waals surface area contributed by atoms with Crippen LogP contribution >= 0.6 is 0 Å². The van der Waals surface area contributed by atoms with Gasteiger partial charge in [-0.25, -0.2) is 0 Å². The van der Waals surface area contributed by atoms with E-state index in [9.17, 15) is 9.59 Å². The monoisotopic (exact) mass is 332 g/mol. The minimum Gasteiger partial charge on any atom is -0.496 e. The Morgan fingerprint density at radius 1 is 1.04 bits per heavy atom. The number of rotatable bonds is 3. The zero-order valence-electron chi connectivity index (χ0n) is 15.2. The molecule has 0 atom stereocenters. The summed E-state index contributed by atoms with van der Waals surface area (Å²) in [6.45, 7) is 8.74. The number of hydrogen-bond donors (Lipinski definition) is 0. The third-order valence-electron chi connectivity index (χ3n) is 4.15. The van der Waals surface area contributed by atoms with Gasteiger partial charge in [-0.2, -0.15) is 0 Å². The molecule has 1 fully saturated rings. The van der Waals surface area contributed by atoms with Crippen molar-refractivity contribution in [3.05, 3.63) is 29.8 Å². The van der Waals surface area contributed by atoms with Crippen molar-refractivity contribution in [2.45, 2.75) is 33.6 Å². The maximum Gasteiger partial charge on any atom is 0.257 e. The maximum atomic E-state index is 12.8. The summed E-state index contributed by atoms with van der Waals surface area (Å²) >= 11 is 0. The number of carbonyl (C=O) groups is 2. The predicted molar refractivity (Wildman–Crippen MR) is 94.2 cm³/mol. The fourth-order valence-corrected chi connectivity index (χ4v) is 2.93. The van der Waals surface area contributed by atoms with Gasteiger partial charge in [0.1, 0.15) is 5.75 Å². The molecule has 0 saturated carbocycles. The van der Waals surface area contributed by atoms with Crippen molar-refractivity contribution in [1.29, 1.82) is 0 Å². The highest BCUT2D eigenvalue weighted by Crippen LogP contribution is 2.22. The number of amides is 2. The van der Waals surface area contributed by atoms with Gasteiger partial charge in [0.15, 0.2) is 0 Å². The van der Waals surface area contributed by atoms with Gasteiger partial charge < -0.3 is 14.5 Å². The Morgan fingerprint density at radius 3 is 2.33 bits per heavy atom. The van der Waals surface area contributed by atoms with Crippen molar-refractivity contribution in [2.75, 3.05) is 33.3 Å². The van der Waals surface area contributed by atoms with Crippen molar-refractivity contribution in [1.82, 2.24) is 9.80 Å². The smallest absolute Gasteiger partial charge is 0.257 e. The van der Waals surface area contributed by atoms with Gasteiger partial charge in [0.2, 0.25) is 5.91 Å². The molecule has 1 saturated heterocycles. The van der Waals surface area contributed by atoms with E-state index < -0.39 is 0 Å². The fraction of sp³-hybridized carbons (Fsp3) is 0.579. The van der Waals surface area contributed by atoms with E-state index in [0.29, 0.717) is 43.9 Å². The standard InChI is InChI=1S/C19H28N2O3/c1-19(2,3)14-17(22)20-10-7-11-21(13-12-20)18(23)15-8-5-6-9-16(15)24-4/h5-6,8-9H,7,10-14H2,1-4H3. The molecule has 24 heavy (non-hydrogen) atoms. The molecule has 1 aliphatic heterocycles. The molecule has 0 radical (unpaired) electrons. The molecule has 1 heterocycles. The molecule has 1 aromatic rings. The van der Waals surface area contributed by atoms with Crippen LogP contribution in [0.1, 0.15) is 44.0 Å². The summed E-state index contributed by atoms with van der Waals surface area (Å²) in [6.07, 6.45) is 1.34. The number of methoxy groups -OCH3 is 1. The Balaban J connectivity index is 2.02. The van der Waals surface area contributed by atoms with Crippen molar-refractivity contribution in [2.24, 2.45) is 5.41 Å². The Labute approximate surface area is 144 Å². The van der Waals surface area contributed by atoms with Crippen LogP contribution in [-0.4, -0.2) is 54.9 Å². The van der Waals surface area contributed by atoms with Gasteiger partial charge in [-0.15, -0.1) is 0 Å². The number of nitrogens with zero attached hydrogens (tertiary/aromatic N) is 2. The number of ether oxygens (including phenoxy) is 1. The van der Waals surface area contributed by atoms with Crippen LogP contribution < -0.4 is 4.74 Å². The first kappa shape index (κ1) is 18.3. The van der Waals surface area contributed by atoms with Crippen LogP contribution in [0.15, 0.2) is 24.3 Å². The summed E-state index contributed by atoms with van der Waals surface area (Å²) < 4.78 is 5.29. The lowest BCUT2D eigenvalue weighted by Gasteiger charge is -2.26. The van der Waals surface area contributed by atoms with Gasteiger partial charge in [0.05, 0.1) is 12.7 Å². The van der Waals surface area contributed by atoms with E-state index in [0.717, 1.165) is 6.42 Å². The van der Waals surface area contributed by atoms with E-state index in [-0.39, 0.29) is 17.2 Å². The van der Waals surface area contributed by atoms with Crippen LogP contribution in [0.2, 0.25) is 0 Å². The molecule has 5 heteroatoms. The molecule has 0 aromatic heterocycles. The predicted octanol–water partition coefficient (Wildman–Crippen LogP) is 2.81. The van der Waals surface area contributed by atoms with E-state index in [1.54, 1.807) is 19.2 Å². The molecule has 0 bridgehead atoms. The third kappa shape index (κ3) is 4.73. The normalized spacial score (nSPS) is 15.8. The summed E-state index contributed by atoms with van der Waals surface area (Å²) in [5.41, 5.74) is 0.561. The number of hydrogen-bond acceptors (Lipinski definition) is 3. The molecule has 2 rings (SSSR count). The van der Waals surface area contributed by atoms with Crippen LogP contribution in [0.5, 0.6) is 5.75 Å². The van der Waals surface area contributed by atoms with Gasteiger partial charge in [-0.1, -0.05) is 32.9 Å². The van der Waals surface area contributed by atoms with Crippen molar-refractivity contribution < 1.29 is 14.3 Å². The first-order chi connectivity index (χ1) is 11.3. The summed E-state index contributed by atoms with van der Waals surface area (Å²) in [7, 11) is 1.57. The zero-order chi connectivity index (χ0) is 17.7. The summed E-state index contributed by atoms with van der Waals surface area (Å²) in [5, 5.41) is 0. The summed E-state index contributed by atoms with van der Waals surface area (Å²) in [5.74, 6) is 0.735. The number of carbonyl (C=O) groups excluding carboxylic acids is 2. The summed E-state index contributed by atoms with van der Waals surface area (Å²) in [6, 6.07) is 7.27. The highest BCUT2D eigenvalue weighted by molar-refractivity contribution is 5.97. The average Bonchev–Trinajstić information content (AvgIpc) is 2.78. The van der Waals surface area contributed by atoms with Crippen molar-refractivity contribution in [3.63, 3.8) is 0 Å². The van der Waals surface area contributed by atoms with Crippen LogP contribution in [-0.2, 0) is 4.79 Å². The first-order valence-corrected chi connectivity index (χ1v) is 8.52. The molecule has 0 N–H and O–H groups in total. The molecular formula is C19H28N2O3. The molecule has 0 spiro atoms. The molecule has 1 aromatic carbocycles. The molecule has 132 valence electrons. The van der Waals surface area contributed by atoms with Gasteiger partial charge in [-0.3, -0.25) is 9.59 Å². The van der Waals surface area contributed by atoms with E-state index in [2.05, 4.69) is 20.8 Å². The second-order valence-corrected chi connectivity index (χ2v) is 7.46. The Kier molecular flexibility index (Phi) is 5.86. The minimum absolute atomic E-state index is 0.0176. The first-order valence-electron chi connectivity index (χ1n) is 8.52. The lowest BCUT2D eigenvalue weighted by Crippen LogP contribution is -2.38. The number of para-hydroxylation sites is 1. The molecule has 0 aliphatic carbocycles. The molecule has 0 unspecified atom stereocenters. The SMILES string of the molecule is COc1ccccc1C(=O)N1CCCN(C(=O)CC(C)(C)C)CC1. The highest BCUT2D eigenvalue weighted by atomic mass is 16.5. The lowest BCUT2D eigenvalue weighted by molar-refractivity contribution is -0.132. The van der Waals surface area contributed by atoms with E-state index >= 15 is 0 Å². The molecule has 2 amide bonds. The second-order valence-electron chi connectivity index (χ2n) is 7.46. The van der Waals surface area contributed by atoms with Crippen molar-refractivity contribution >= 4 is 11.8 Å². The third-order valence-corrected chi connectivity index (χ3v) is 4.15. The lowest BCUT2D eigenvalue weighted by atomic mass is 9.91. The van der Waals surface area contributed by atoms with Crippen LogP contribution in [0, 0.1) is 5.41 Å². The summed E-state index contributed by atoms with van der Waals surface area (Å²) in [4.78, 5) is 28.9. The quantitative estimate of drug-likeness (QED) is 0.855. The van der Waals surface area contributed by atoms with E-state index in [4.69, 9.17) is 4.74 Å². The molecule has 1 aliphatic rings. The van der Waals surface area contributed by atoms with Crippen molar-refractivity contribution in [3.8, 4) is 5.75 Å². The van der Waals surface area contributed by atoms with Gasteiger partial charge in [0.25, 0.3) is 5.91 Å². The molecule has 5 nitrogen and oxygen atoms in total. The maximum absolute atomic E-state index is 12.8. The van der Waals surface area contributed by atoms with Crippen LogP contribution in [0.25, 0.3) is 0 Å². The van der Waals surface area contributed by atoms with Gasteiger partial charge >= 0.3 is 0 Å². The van der Waals surface area contributed by atoms with Gasteiger partial charge in [0, 0.05) is 32.6 Å². The van der Waals surface area contributed by atoms with E-state index in [1.165, 1.54) is 0 Å². The van der Waals surface area contributed by atoms with Crippen LogP contribution in [0.3, 0.4) is 0 Å². The van der Waals surface area contributed by atoms with E-state index in [1.807, 2.05) is 21.9 Å². The average molecular weight is 332 g/mol. The Hall–Kier alpha value is -2.04. The Bertz CT molecular complexity index is 593. The minimum atomic E-state index is -0.0300.